The van der Waals surface area contributed by atoms with Gasteiger partial charge in [0, 0.05) is 0 Å². The Labute approximate surface area is 261 Å². The van der Waals surface area contributed by atoms with Gasteiger partial charge in [0.25, 0.3) is 0 Å². The Kier molecular flexibility index (Phi) is 7.74. The molecule has 1 saturated heterocycles. The van der Waals surface area contributed by atoms with Crippen molar-refractivity contribution in [2.75, 3.05) is 19.8 Å². The lowest BCUT2D eigenvalue weighted by Gasteiger charge is -2.35. The average molecular weight is 581 g/mol. The second-order valence-electron chi connectivity index (χ2n) is 12.3. The third-order valence-electron chi connectivity index (χ3n) is 9.20. The largest absolute Gasteiger partial charge is 0.493 e. The van der Waals surface area contributed by atoms with Crippen molar-refractivity contribution in [3.05, 3.63) is 156 Å². The summed E-state index contributed by atoms with van der Waals surface area (Å²) in [7, 11) is 0. The molecule has 0 aromatic heterocycles. The van der Waals surface area contributed by atoms with Crippen LogP contribution in [0.25, 0.3) is 11.1 Å². The van der Waals surface area contributed by atoms with Crippen molar-refractivity contribution in [2.24, 2.45) is 5.92 Å². The van der Waals surface area contributed by atoms with Gasteiger partial charge in [0.05, 0.1) is 18.6 Å². The molecule has 7 rings (SSSR count). The average Bonchev–Trinajstić information content (AvgIpc) is 3.99. The smallest absolute Gasteiger partial charge is 0.126 e. The lowest BCUT2D eigenvalue weighted by atomic mass is 9.66. The maximum absolute atomic E-state index is 6.58. The van der Waals surface area contributed by atoms with E-state index in [1.807, 2.05) is 18.2 Å². The first-order valence-electron chi connectivity index (χ1n) is 15.9. The number of ether oxygens (including phenoxy) is 3. The highest BCUT2D eigenvalue weighted by molar-refractivity contribution is 5.86. The van der Waals surface area contributed by atoms with Crippen LogP contribution in [0.1, 0.15) is 51.8 Å². The molecule has 44 heavy (non-hydrogen) atoms. The topological polar surface area (TPSA) is 31.0 Å². The van der Waals surface area contributed by atoms with Crippen LogP contribution in [0.4, 0.5) is 0 Å². The van der Waals surface area contributed by atoms with E-state index < -0.39 is 5.41 Å². The predicted octanol–water partition coefficient (Wildman–Crippen LogP) is 8.80. The fourth-order valence-corrected chi connectivity index (χ4v) is 6.90. The van der Waals surface area contributed by atoms with E-state index in [1.54, 1.807) is 0 Å². The first kappa shape index (κ1) is 28.4. The van der Waals surface area contributed by atoms with Gasteiger partial charge in [-0.15, -0.1) is 19.7 Å². The number of hydrogen-bond acceptors (Lipinski definition) is 3. The fraction of sp³-hybridized carbons (Fsp3) is 0.268. The molecule has 0 bridgehead atoms. The molecule has 1 saturated carbocycles. The van der Waals surface area contributed by atoms with Crippen LogP contribution in [0, 0.1) is 5.92 Å². The molecule has 4 aromatic rings. The molecule has 2 fully saturated rings. The van der Waals surface area contributed by atoms with Crippen molar-refractivity contribution < 1.29 is 14.2 Å². The Bertz CT molecular complexity index is 1650. The summed E-state index contributed by atoms with van der Waals surface area (Å²) in [5.41, 5.74) is 10.5. The van der Waals surface area contributed by atoms with Crippen molar-refractivity contribution >= 4 is 0 Å². The molecular formula is C41H40O3. The van der Waals surface area contributed by atoms with E-state index in [9.17, 15) is 0 Å². The molecule has 0 radical (unpaired) electrons. The minimum absolute atomic E-state index is 0.193. The summed E-state index contributed by atoms with van der Waals surface area (Å²) in [5, 5.41) is 0. The summed E-state index contributed by atoms with van der Waals surface area (Å²) in [6, 6.07) is 29.2. The van der Waals surface area contributed by atoms with Crippen molar-refractivity contribution in [1.82, 2.24) is 0 Å². The Balaban J connectivity index is 1.49. The third kappa shape index (κ3) is 5.10. The second-order valence-corrected chi connectivity index (χ2v) is 12.3. The second kappa shape index (κ2) is 12.0. The minimum atomic E-state index is -0.540. The van der Waals surface area contributed by atoms with Crippen molar-refractivity contribution in [1.29, 1.82) is 0 Å². The van der Waals surface area contributed by atoms with Gasteiger partial charge in [0.1, 0.15) is 24.2 Å². The Morgan fingerprint density at radius 3 is 1.82 bits per heavy atom. The standard InChI is InChI=1S/C41H40O3/c1-4-11-29-22-32(20-21-39(29)43-27-34-26-42-34)41(37-16-9-7-14-35(37)36-15-8-10-17-38(36)41)33-23-30(12-5-2)40(31(24-33)13-6-3)44-25-28-18-19-28/h4-10,14-17,20-24,28,34H,1-3,11-13,18-19,25-27H2. The van der Waals surface area contributed by atoms with Gasteiger partial charge in [-0.05, 0) is 94.2 Å². The van der Waals surface area contributed by atoms with E-state index in [0.29, 0.717) is 18.9 Å². The molecule has 3 aliphatic rings. The lowest BCUT2D eigenvalue weighted by molar-refractivity contribution is 0.261. The lowest BCUT2D eigenvalue weighted by Crippen LogP contribution is -2.29. The molecule has 0 spiro atoms. The summed E-state index contributed by atoms with van der Waals surface area (Å²) in [4.78, 5) is 0. The van der Waals surface area contributed by atoms with E-state index in [2.05, 4.69) is 98.6 Å². The van der Waals surface area contributed by atoms with Gasteiger partial charge in [-0.2, -0.15) is 0 Å². The Hall–Kier alpha value is -4.34. The van der Waals surface area contributed by atoms with Gasteiger partial charge >= 0.3 is 0 Å². The number of hydrogen-bond donors (Lipinski definition) is 0. The predicted molar refractivity (Wildman–Crippen MR) is 179 cm³/mol. The number of rotatable bonds is 14. The van der Waals surface area contributed by atoms with E-state index in [-0.39, 0.29) is 6.10 Å². The van der Waals surface area contributed by atoms with Crippen LogP contribution >= 0.6 is 0 Å². The van der Waals surface area contributed by atoms with E-state index in [4.69, 9.17) is 14.2 Å². The third-order valence-corrected chi connectivity index (χ3v) is 9.20. The summed E-state index contributed by atoms with van der Waals surface area (Å²) >= 11 is 0. The summed E-state index contributed by atoms with van der Waals surface area (Å²) < 4.78 is 18.3. The van der Waals surface area contributed by atoms with Crippen molar-refractivity contribution in [2.45, 2.75) is 43.6 Å². The molecule has 1 atom stereocenters. The van der Waals surface area contributed by atoms with Gasteiger partial charge in [-0.3, -0.25) is 0 Å². The number of epoxide rings is 1. The molecule has 0 amide bonds. The highest BCUT2D eigenvalue weighted by atomic mass is 16.6. The van der Waals surface area contributed by atoms with Crippen molar-refractivity contribution in [3.8, 4) is 22.6 Å². The van der Waals surface area contributed by atoms with Crippen LogP contribution in [-0.4, -0.2) is 25.9 Å². The molecule has 4 aromatic carbocycles. The van der Waals surface area contributed by atoms with Gasteiger partial charge in [0.15, 0.2) is 0 Å². The van der Waals surface area contributed by atoms with E-state index >= 15 is 0 Å². The molecule has 3 nitrogen and oxygen atoms in total. The molecule has 1 aliphatic heterocycles. The van der Waals surface area contributed by atoms with Crippen LogP contribution < -0.4 is 9.47 Å². The Morgan fingerprint density at radius 1 is 0.682 bits per heavy atom. The molecular weight excluding hydrogens is 540 g/mol. The minimum Gasteiger partial charge on any atom is -0.493 e. The quantitative estimate of drug-likeness (QED) is 0.0972. The number of fused-ring (bicyclic) bond motifs is 3. The number of allylic oxidation sites excluding steroid dienone is 3. The maximum Gasteiger partial charge on any atom is 0.126 e. The monoisotopic (exact) mass is 580 g/mol. The van der Waals surface area contributed by atoms with Gasteiger partial charge in [0.2, 0.25) is 0 Å². The molecule has 1 heterocycles. The van der Waals surface area contributed by atoms with Crippen molar-refractivity contribution in [3.63, 3.8) is 0 Å². The molecule has 222 valence electrons. The highest BCUT2D eigenvalue weighted by Gasteiger charge is 2.46. The van der Waals surface area contributed by atoms with Gasteiger partial charge in [-0.25, -0.2) is 0 Å². The SMILES string of the molecule is C=CCc1cc(C2(c3cc(CC=C)c(OCC4CC4)c(CC=C)c3)c3ccccc3-c3ccccc32)ccc1OCC1CO1. The summed E-state index contributed by atoms with van der Waals surface area (Å²) in [6.07, 6.45) is 10.8. The van der Waals surface area contributed by atoms with Crippen LogP contribution in [0.5, 0.6) is 11.5 Å². The highest BCUT2D eigenvalue weighted by Crippen LogP contribution is 2.57. The zero-order valence-corrected chi connectivity index (χ0v) is 25.4. The maximum atomic E-state index is 6.58. The van der Waals surface area contributed by atoms with Crippen LogP contribution in [0.3, 0.4) is 0 Å². The van der Waals surface area contributed by atoms with Crippen LogP contribution in [-0.2, 0) is 29.4 Å². The fourth-order valence-electron chi connectivity index (χ4n) is 6.90. The molecule has 0 N–H and O–H groups in total. The number of benzene rings is 4. The zero-order valence-electron chi connectivity index (χ0n) is 25.4. The normalized spacial score (nSPS) is 17.3. The van der Waals surface area contributed by atoms with Gasteiger partial charge in [-0.1, -0.05) is 91.0 Å². The molecule has 3 heteroatoms. The van der Waals surface area contributed by atoms with Crippen LogP contribution in [0.2, 0.25) is 0 Å². The van der Waals surface area contributed by atoms with Gasteiger partial charge < -0.3 is 14.2 Å². The molecule has 2 aliphatic carbocycles. The summed E-state index contributed by atoms with van der Waals surface area (Å²) in [6.45, 7) is 14.4. The molecule has 1 unspecified atom stereocenters. The van der Waals surface area contributed by atoms with E-state index in [1.165, 1.54) is 57.3 Å². The Morgan fingerprint density at radius 2 is 1.25 bits per heavy atom. The van der Waals surface area contributed by atoms with E-state index in [0.717, 1.165) is 43.1 Å². The van der Waals surface area contributed by atoms with Crippen LogP contribution in [0.15, 0.2) is 117 Å². The first-order valence-corrected chi connectivity index (χ1v) is 15.9. The zero-order chi connectivity index (χ0) is 30.1. The summed E-state index contributed by atoms with van der Waals surface area (Å²) in [5.74, 6) is 2.55. The first-order chi connectivity index (χ1) is 21.7.